The molecule has 6 heteroatoms. The minimum Gasteiger partial charge on any atom is -0.495 e. The van der Waals surface area contributed by atoms with Crippen molar-refractivity contribution in [2.45, 2.75) is 19.8 Å². The largest absolute Gasteiger partial charge is 0.495 e. The van der Waals surface area contributed by atoms with Crippen LogP contribution in [0.3, 0.4) is 0 Å². The molecule has 2 rings (SSSR count). The second kappa shape index (κ2) is 6.80. The third-order valence-electron chi connectivity index (χ3n) is 3.55. The van der Waals surface area contributed by atoms with E-state index in [4.69, 9.17) is 16.3 Å². The molecule has 21 heavy (non-hydrogen) atoms. The molecule has 0 spiro atoms. The van der Waals surface area contributed by atoms with Gasteiger partial charge < -0.3 is 15.0 Å². The second-order valence-corrected chi connectivity index (χ2v) is 5.73. The molecular weight excluding hydrogens is 292 g/mol. The molecule has 2 amide bonds. The number of hydrogen-bond donors (Lipinski definition) is 1. The van der Waals surface area contributed by atoms with Gasteiger partial charge in [-0.05, 0) is 37.0 Å². The van der Waals surface area contributed by atoms with Gasteiger partial charge in [0, 0.05) is 18.1 Å². The molecule has 0 bridgehead atoms. The van der Waals surface area contributed by atoms with Gasteiger partial charge in [-0.25, -0.2) is 0 Å². The van der Waals surface area contributed by atoms with Crippen LogP contribution in [0.25, 0.3) is 0 Å². The molecule has 1 saturated heterocycles. The SMILES string of the molecule is COc1ccc(Cl)cc1NC(=O)C(=O)N1CCCC(C)C1. The molecule has 1 N–H and O–H groups in total. The Balaban J connectivity index is 2.07. The third kappa shape index (κ3) is 3.88. The van der Waals surface area contributed by atoms with Crippen LogP contribution in [-0.4, -0.2) is 36.9 Å². The normalized spacial score (nSPS) is 18.2. The Morgan fingerprint density at radius 3 is 2.86 bits per heavy atom. The Hall–Kier alpha value is -1.75. The zero-order valence-electron chi connectivity index (χ0n) is 12.2. The number of methoxy groups -OCH3 is 1. The van der Waals surface area contributed by atoms with Crippen LogP contribution in [-0.2, 0) is 9.59 Å². The Morgan fingerprint density at radius 2 is 2.19 bits per heavy atom. The van der Waals surface area contributed by atoms with Gasteiger partial charge in [-0.15, -0.1) is 0 Å². The van der Waals surface area contributed by atoms with Crippen molar-refractivity contribution in [1.29, 1.82) is 0 Å². The zero-order valence-corrected chi connectivity index (χ0v) is 12.9. The highest BCUT2D eigenvalue weighted by Crippen LogP contribution is 2.27. The number of anilines is 1. The lowest BCUT2D eigenvalue weighted by Crippen LogP contribution is -2.44. The summed E-state index contributed by atoms with van der Waals surface area (Å²) in [4.78, 5) is 25.9. The van der Waals surface area contributed by atoms with Crippen LogP contribution in [0.5, 0.6) is 5.75 Å². The number of halogens is 1. The van der Waals surface area contributed by atoms with Crippen LogP contribution in [0.1, 0.15) is 19.8 Å². The molecule has 1 atom stereocenters. The summed E-state index contributed by atoms with van der Waals surface area (Å²) in [5.74, 6) is -0.281. The fraction of sp³-hybridized carbons (Fsp3) is 0.467. The van der Waals surface area contributed by atoms with Gasteiger partial charge in [0.1, 0.15) is 5.75 Å². The summed E-state index contributed by atoms with van der Waals surface area (Å²) in [6, 6.07) is 4.86. The maximum atomic E-state index is 12.2. The van der Waals surface area contributed by atoms with E-state index in [9.17, 15) is 9.59 Å². The van der Waals surface area contributed by atoms with E-state index in [0.717, 1.165) is 12.8 Å². The monoisotopic (exact) mass is 310 g/mol. The summed E-state index contributed by atoms with van der Waals surface area (Å²) < 4.78 is 5.15. The van der Waals surface area contributed by atoms with Crippen molar-refractivity contribution in [1.82, 2.24) is 4.90 Å². The van der Waals surface area contributed by atoms with E-state index in [0.29, 0.717) is 35.5 Å². The molecule has 0 radical (unpaired) electrons. The maximum Gasteiger partial charge on any atom is 0.314 e. The first-order valence-corrected chi connectivity index (χ1v) is 7.33. The van der Waals surface area contributed by atoms with Gasteiger partial charge in [-0.1, -0.05) is 18.5 Å². The van der Waals surface area contributed by atoms with Gasteiger partial charge >= 0.3 is 11.8 Å². The quantitative estimate of drug-likeness (QED) is 0.854. The predicted molar refractivity (Wildman–Crippen MR) is 81.6 cm³/mol. The number of likely N-dealkylation sites (tertiary alicyclic amines) is 1. The van der Waals surface area contributed by atoms with Gasteiger partial charge in [0.2, 0.25) is 0 Å². The lowest BCUT2D eigenvalue weighted by molar-refractivity contribution is -0.144. The number of rotatable bonds is 2. The number of nitrogens with one attached hydrogen (secondary N) is 1. The number of amides is 2. The van der Waals surface area contributed by atoms with E-state index in [1.54, 1.807) is 23.1 Å². The average molecular weight is 311 g/mol. The Labute approximate surface area is 129 Å². The summed E-state index contributed by atoms with van der Waals surface area (Å²) >= 11 is 5.90. The van der Waals surface area contributed by atoms with Crippen LogP contribution >= 0.6 is 11.6 Å². The van der Waals surface area contributed by atoms with E-state index >= 15 is 0 Å². The van der Waals surface area contributed by atoms with Crippen molar-refractivity contribution >= 4 is 29.1 Å². The fourth-order valence-corrected chi connectivity index (χ4v) is 2.64. The van der Waals surface area contributed by atoms with E-state index in [2.05, 4.69) is 12.2 Å². The van der Waals surface area contributed by atoms with Crippen molar-refractivity contribution in [3.8, 4) is 5.75 Å². The van der Waals surface area contributed by atoms with Crippen molar-refractivity contribution < 1.29 is 14.3 Å². The minimum atomic E-state index is -0.662. The highest BCUT2D eigenvalue weighted by atomic mass is 35.5. The number of hydrogen-bond acceptors (Lipinski definition) is 3. The van der Waals surface area contributed by atoms with Crippen molar-refractivity contribution in [3.63, 3.8) is 0 Å². The summed E-state index contributed by atoms with van der Waals surface area (Å²) in [6.07, 6.45) is 2.02. The number of carbonyl (C=O) groups is 2. The summed E-state index contributed by atoms with van der Waals surface area (Å²) in [5.41, 5.74) is 0.397. The molecule has 1 aliphatic rings. The van der Waals surface area contributed by atoms with Crippen LogP contribution in [0.4, 0.5) is 5.69 Å². The zero-order chi connectivity index (χ0) is 15.4. The summed E-state index contributed by atoms with van der Waals surface area (Å²) in [7, 11) is 1.49. The number of carbonyl (C=O) groups excluding carboxylic acids is 2. The van der Waals surface area contributed by atoms with Crippen molar-refractivity contribution in [3.05, 3.63) is 23.2 Å². The first kappa shape index (κ1) is 15.6. The van der Waals surface area contributed by atoms with Crippen LogP contribution in [0, 0.1) is 5.92 Å². The number of nitrogens with zero attached hydrogens (tertiary/aromatic N) is 1. The molecule has 1 aliphatic heterocycles. The molecule has 1 unspecified atom stereocenters. The third-order valence-corrected chi connectivity index (χ3v) is 3.78. The van der Waals surface area contributed by atoms with E-state index in [1.807, 2.05) is 0 Å². The lowest BCUT2D eigenvalue weighted by atomic mass is 10.0. The predicted octanol–water partition coefficient (Wildman–Crippen LogP) is 2.55. The van der Waals surface area contributed by atoms with Gasteiger partial charge in [0.05, 0.1) is 12.8 Å². The Morgan fingerprint density at radius 1 is 1.43 bits per heavy atom. The van der Waals surface area contributed by atoms with Crippen LogP contribution in [0.15, 0.2) is 18.2 Å². The molecule has 0 aliphatic carbocycles. The van der Waals surface area contributed by atoms with Gasteiger partial charge in [-0.3, -0.25) is 9.59 Å². The van der Waals surface area contributed by atoms with E-state index < -0.39 is 11.8 Å². The number of ether oxygens (including phenoxy) is 1. The van der Waals surface area contributed by atoms with Crippen molar-refractivity contribution in [2.24, 2.45) is 5.92 Å². The Bertz CT molecular complexity index is 548. The van der Waals surface area contributed by atoms with Gasteiger partial charge in [-0.2, -0.15) is 0 Å². The standard InChI is InChI=1S/C15H19ClN2O3/c1-10-4-3-7-18(9-10)15(20)14(19)17-12-8-11(16)5-6-13(12)21-2/h5-6,8,10H,3-4,7,9H2,1-2H3,(H,17,19). The molecule has 5 nitrogen and oxygen atoms in total. The highest BCUT2D eigenvalue weighted by molar-refractivity contribution is 6.40. The summed E-state index contributed by atoms with van der Waals surface area (Å²) in [6.45, 7) is 3.33. The van der Waals surface area contributed by atoms with Crippen molar-refractivity contribution in [2.75, 3.05) is 25.5 Å². The molecular formula is C15H19ClN2O3. The smallest absolute Gasteiger partial charge is 0.314 e. The first-order chi connectivity index (χ1) is 10.0. The Kier molecular flexibility index (Phi) is 5.07. The van der Waals surface area contributed by atoms with E-state index in [-0.39, 0.29) is 0 Å². The molecule has 114 valence electrons. The number of benzene rings is 1. The van der Waals surface area contributed by atoms with Crippen LogP contribution < -0.4 is 10.1 Å². The topological polar surface area (TPSA) is 58.6 Å². The molecule has 1 fully saturated rings. The maximum absolute atomic E-state index is 12.2. The average Bonchev–Trinajstić information content (AvgIpc) is 2.46. The highest BCUT2D eigenvalue weighted by Gasteiger charge is 2.26. The van der Waals surface area contributed by atoms with Crippen LogP contribution in [0.2, 0.25) is 5.02 Å². The summed E-state index contributed by atoms with van der Waals surface area (Å²) in [5, 5.41) is 3.04. The fourth-order valence-electron chi connectivity index (χ4n) is 2.47. The van der Waals surface area contributed by atoms with Gasteiger partial charge in [0.25, 0.3) is 0 Å². The lowest BCUT2D eigenvalue weighted by Gasteiger charge is -2.30. The molecule has 1 aromatic rings. The molecule has 0 aromatic heterocycles. The minimum absolute atomic E-state index is 0.397. The molecule has 0 saturated carbocycles. The first-order valence-electron chi connectivity index (χ1n) is 6.95. The second-order valence-electron chi connectivity index (χ2n) is 5.30. The molecule has 1 aromatic carbocycles. The molecule has 1 heterocycles. The van der Waals surface area contributed by atoms with E-state index in [1.165, 1.54) is 7.11 Å². The number of piperidine rings is 1. The van der Waals surface area contributed by atoms with Gasteiger partial charge in [0.15, 0.2) is 0 Å².